The fourth-order valence-corrected chi connectivity index (χ4v) is 4.66. The molecule has 1 unspecified atom stereocenters. The minimum atomic E-state index is -0.0116. The first-order valence-corrected chi connectivity index (χ1v) is 11.1. The molecule has 1 atom stereocenters. The van der Waals surface area contributed by atoms with E-state index in [-0.39, 0.29) is 17.2 Å². The number of rotatable bonds is 6. The van der Waals surface area contributed by atoms with Crippen LogP contribution in [0.15, 0.2) is 30.3 Å². The Morgan fingerprint density at radius 3 is 2.65 bits per heavy atom. The number of hydrogen-bond donors (Lipinski definition) is 1. The lowest BCUT2D eigenvalue weighted by Gasteiger charge is -2.38. The molecule has 2 aliphatic rings. The van der Waals surface area contributed by atoms with Crippen LogP contribution in [0, 0.1) is 6.92 Å². The van der Waals surface area contributed by atoms with Crippen molar-refractivity contribution in [3.63, 3.8) is 0 Å². The Morgan fingerprint density at radius 1 is 1.26 bits per heavy atom. The maximum atomic E-state index is 11.7. The predicted molar refractivity (Wildman–Crippen MR) is 120 cm³/mol. The number of anilines is 1. The summed E-state index contributed by atoms with van der Waals surface area (Å²) in [5.74, 6) is 2.86. The summed E-state index contributed by atoms with van der Waals surface area (Å²) in [4.78, 5) is 23.1. The van der Waals surface area contributed by atoms with Crippen molar-refractivity contribution in [2.75, 3.05) is 45.3 Å². The molecular formula is C24H32N4O3. The van der Waals surface area contributed by atoms with Crippen LogP contribution >= 0.6 is 0 Å². The molecule has 7 heteroatoms. The van der Waals surface area contributed by atoms with Gasteiger partial charge in [-0.15, -0.1) is 0 Å². The Bertz CT molecular complexity index is 910. The van der Waals surface area contributed by atoms with Crippen molar-refractivity contribution in [2.45, 2.75) is 44.4 Å². The molecule has 0 spiro atoms. The number of nitrogens with one attached hydrogen (secondary N) is 1. The Kier molecular flexibility index (Phi) is 6.41. The van der Waals surface area contributed by atoms with E-state index in [4.69, 9.17) is 14.5 Å². The number of methoxy groups -OCH3 is 1. The van der Waals surface area contributed by atoms with Crippen molar-refractivity contribution in [3.05, 3.63) is 47.4 Å². The van der Waals surface area contributed by atoms with Crippen LogP contribution in [0.1, 0.15) is 49.2 Å². The zero-order valence-corrected chi connectivity index (χ0v) is 18.7. The van der Waals surface area contributed by atoms with Gasteiger partial charge in [-0.3, -0.25) is 4.79 Å². The van der Waals surface area contributed by atoms with Gasteiger partial charge in [-0.1, -0.05) is 12.1 Å². The standard InChI is InChI=1S/C24H32N4O3/c1-17-14-22(27-23(26-17)19-8-11-28(15-19)18(2)29)25-16-24(9-12-31-13-10-24)20-4-6-21(30-3)7-5-20/h4-7,14,19H,8-13,15-16H2,1-3H3,(H,25,26,27). The van der Waals surface area contributed by atoms with Gasteiger partial charge in [0.1, 0.15) is 17.4 Å². The molecule has 1 aromatic heterocycles. The highest BCUT2D eigenvalue weighted by Crippen LogP contribution is 2.36. The van der Waals surface area contributed by atoms with Crippen molar-refractivity contribution in [1.29, 1.82) is 0 Å². The summed E-state index contributed by atoms with van der Waals surface area (Å²) in [7, 11) is 1.69. The number of aryl methyl sites for hydroxylation is 1. The van der Waals surface area contributed by atoms with E-state index in [1.165, 1.54) is 5.56 Å². The van der Waals surface area contributed by atoms with Gasteiger partial charge in [0.2, 0.25) is 5.91 Å². The van der Waals surface area contributed by atoms with Crippen molar-refractivity contribution in [2.24, 2.45) is 0 Å². The van der Waals surface area contributed by atoms with Crippen LogP contribution in [-0.2, 0) is 14.9 Å². The lowest BCUT2D eigenvalue weighted by atomic mass is 9.74. The minimum absolute atomic E-state index is 0.0116. The highest BCUT2D eigenvalue weighted by atomic mass is 16.5. The molecule has 2 saturated heterocycles. The molecule has 4 rings (SSSR count). The summed E-state index contributed by atoms with van der Waals surface area (Å²) >= 11 is 0. The third kappa shape index (κ3) is 4.82. The normalized spacial score (nSPS) is 20.5. The number of hydrogen-bond acceptors (Lipinski definition) is 6. The van der Waals surface area contributed by atoms with Crippen molar-refractivity contribution >= 4 is 11.7 Å². The van der Waals surface area contributed by atoms with Gasteiger partial charge in [-0.2, -0.15) is 0 Å². The Labute approximate surface area is 184 Å². The van der Waals surface area contributed by atoms with Gasteiger partial charge < -0.3 is 19.7 Å². The lowest BCUT2D eigenvalue weighted by Crippen LogP contribution is -2.40. The first-order chi connectivity index (χ1) is 15.0. The molecule has 0 aliphatic carbocycles. The van der Waals surface area contributed by atoms with E-state index in [1.807, 2.05) is 30.0 Å². The third-order valence-corrected chi connectivity index (χ3v) is 6.63. The second-order valence-electron chi connectivity index (χ2n) is 8.68. The van der Waals surface area contributed by atoms with Crippen LogP contribution in [0.3, 0.4) is 0 Å². The van der Waals surface area contributed by atoms with Crippen LogP contribution in [0.4, 0.5) is 5.82 Å². The van der Waals surface area contributed by atoms with Crippen molar-refractivity contribution < 1.29 is 14.3 Å². The fourth-order valence-electron chi connectivity index (χ4n) is 4.66. The first-order valence-electron chi connectivity index (χ1n) is 11.1. The van der Waals surface area contributed by atoms with Gasteiger partial charge in [0.25, 0.3) is 0 Å². The van der Waals surface area contributed by atoms with Crippen molar-refractivity contribution in [3.8, 4) is 5.75 Å². The molecule has 1 amide bonds. The quantitative estimate of drug-likeness (QED) is 0.767. The highest BCUT2D eigenvalue weighted by molar-refractivity contribution is 5.73. The molecule has 1 aromatic carbocycles. The molecule has 2 fully saturated rings. The number of likely N-dealkylation sites (tertiary alicyclic amines) is 1. The van der Waals surface area contributed by atoms with E-state index in [9.17, 15) is 4.79 Å². The predicted octanol–water partition coefficient (Wildman–Crippen LogP) is 3.29. The van der Waals surface area contributed by atoms with Crippen LogP contribution < -0.4 is 10.1 Å². The minimum Gasteiger partial charge on any atom is -0.497 e. The maximum Gasteiger partial charge on any atom is 0.219 e. The lowest BCUT2D eigenvalue weighted by molar-refractivity contribution is -0.127. The van der Waals surface area contributed by atoms with E-state index >= 15 is 0 Å². The van der Waals surface area contributed by atoms with Crippen LogP contribution in [-0.4, -0.2) is 60.7 Å². The summed E-state index contributed by atoms with van der Waals surface area (Å²) in [6.07, 6.45) is 2.83. The molecule has 0 bridgehead atoms. The molecule has 3 heterocycles. The number of nitrogens with zero attached hydrogens (tertiary/aromatic N) is 3. The van der Waals surface area contributed by atoms with E-state index < -0.39 is 0 Å². The van der Waals surface area contributed by atoms with Crippen LogP contribution in [0.2, 0.25) is 0 Å². The second kappa shape index (κ2) is 9.22. The maximum absolute atomic E-state index is 11.7. The number of carbonyl (C=O) groups is 1. The molecule has 0 saturated carbocycles. The first kappa shape index (κ1) is 21.6. The topological polar surface area (TPSA) is 76.6 Å². The summed E-state index contributed by atoms with van der Waals surface area (Å²) < 4.78 is 11.0. The number of aromatic nitrogens is 2. The van der Waals surface area contributed by atoms with Gasteiger partial charge >= 0.3 is 0 Å². The van der Waals surface area contributed by atoms with E-state index in [0.29, 0.717) is 6.54 Å². The smallest absolute Gasteiger partial charge is 0.219 e. The number of ether oxygens (including phenoxy) is 2. The number of carbonyl (C=O) groups excluding carboxylic acids is 1. The van der Waals surface area contributed by atoms with Gasteiger partial charge in [0.15, 0.2) is 0 Å². The van der Waals surface area contributed by atoms with E-state index in [1.54, 1.807) is 14.0 Å². The van der Waals surface area contributed by atoms with Crippen LogP contribution in [0.25, 0.3) is 0 Å². The molecule has 2 aliphatic heterocycles. The van der Waals surface area contributed by atoms with E-state index in [2.05, 4.69) is 22.4 Å². The van der Waals surface area contributed by atoms with Gasteiger partial charge in [0, 0.05) is 62.9 Å². The fraction of sp³-hybridized carbons (Fsp3) is 0.542. The zero-order chi connectivity index (χ0) is 21.8. The Balaban J connectivity index is 1.52. The van der Waals surface area contributed by atoms with E-state index in [0.717, 1.165) is 68.7 Å². The zero-order valence-electron chi connectivity index (χ0n) is 18.7. The van der Waals surface area contributed by atoms with Gasteiger partial charge in [0.05, 0.1) is 7.11 Å². The third-order valence-electron chi connectivity index (χ3n) is 6.63. The SMILES string of the molecule is COc1ccc(C2(CNc3cc(C)nc(C4CCN(C(C)=O)C4)n3)CCOCC2)cc1. The van der Waals surface area contributed by atoms with Gasteiger partial charge in [-0.25, -0.2) is 9.97 Å². The van der Waals surface area contributed by atoms with Crippen molar-refractivity contribution in [1.82, 2.24) is 14.9 Å². The molecule has 1 N–H and O–H groups in total. The molecule has 31 heavy (non-hydrogen) atoms. The summed E-state index contributed by atoms with van der Waals surface area (Å²) in [5, 5.41) is 3.60. The molecular weight excluding hydrogens is 392 g/mol. The molecule has 7 nitrogen and oxygen atoms in total. The molecule has 2 aromatic rings. The monoisotopic (exact) mass is 424 g/mol. The number of amides is 1. The average molecular weight is 425 g/mol. The Morgan fingerprint density at radius 2 is 2.00 bits per heavy atom. The Hall–Kier alpha value is -2.67. The summed E-state index contributed by atoms with van der Waals surface area (Å²) in [5.41, 5.74) is 2.23. The average Bonchev–Trinajstić information content (AvgIpc) is 3.29. The van der Waals surface area contributed by atoms with Gasteiger partial charge in [-0.05, 0) is 43.9 Å². The molecule has 166 valence electrons. The van der Waals surface area contributed by atoms with Crippen LogP contribution in [0.5, 0.6) is 5.75 Å². The summed E-state index contributed by atoms with van der Waals surface area (Å²) in [6.45, 7) is 7.39. The number of benzene rings is 1. The molecule has 0 radical (unpaired) electrons. The largest absolute Gasteiger partial charge is 0.497 e. The highest BCUT2D eigenvalue weighted by Gasteiger charge is 2.35. The summed E-state index contributed by atoms with van der Waals surface area (Å²) in [6, 6.07) is 10.4. The second-order valence-corrected chi connectivity index (χ2v) is 8.68.